The zero-order valence-electron chi connectivity index (χ0n) is 25.3. The van der Waals surface area contributed by atoms with Crippen LogP contribution in [0.15, 0.2) is 25.2 Å². The number of hydrogen-bond acceptors (Lipinski definition) is 8. The standard InChI is InChI=1S/C27H38N8O3.C2H6/c1-9-24-29-12-21-11-28-22(14-34(21)24)25-20(6)30-33(8)27(25)38-18(4)13-32(7)15-23-19(5)26(37-10-2)31-35(23)17(3)16-36;1-2/h9,11-12,14,17-18,36H,1,10,13,15-16H2,2-8H3;1-2H3. The van der Waals surface area contributed by atoms with Crippen LogP contribution in [0.5, 0.6) is 11.8 Å². The van der Waals surface area contributed by atoms with E-state index in [1.807, 2.05) is 77.8 Å². The second-order valence-corrected chi connectivity index (χ2v) is 9.69. The fourth-order valence-electron chi connectivity index (χ4n) is 4.69. The van der Waals surface area contributed by atoms with E-state index in [0.717, 1.165) is 39.5 Å². The van der Waals surface area contributed by atoms with Crippen LogP contribution in [0, 0.1) is 13.8 Å². The molecule has 0 saturated carbocycles. The fourth-order valence-corrected chi connectivity index (χ4v) is 4.69. The van der Waals surface area contributed by atoms with Gasteiger partial charge >= 0.3 is 0 Å². The molecule has 4 rings (SSSR count). The largest absolute Gasteiger partial charge is 0.477 e. The van der Waals surface area contributed by atoms with E-state index in [0.29, 0.717) is 31.5 Å². The molecule has 40 heavy (non-hydrogen) atoms. The second-order valence-electron chi connectivity index (χ2n) is 9.69. The van der Waals surface area contributed by atoms with Crippen LogP contribution in [0.25, 0.3) is 22.9 Å². The molecule has 0 bridgehead atoms. The summed E-state index contributed by atoms with van der Waals surface area (Å²) in [6.07, 6.45) is 7.07. The number of rotatable bonds is 12. The Morgan fingerprint density at radius 2 is 1.85 bits per heavy atom. The minimum Gasteiger partial charge on any atom is -0.477 e. The van der Waals surface area contributed by atoms with Crippen molar-refractivity contribution in [2.75, 3.05) is 26.8 Å². The molecule has 2 unspecified atom stereocenters. The predicted octanol–water partition coefficient (Wildman–Crippen LogP) is 4.46. The average Bonchev–Trinajstić information content (AvgIpc) is 3.58. The first kappa shape index (κ1) is 30.8. The maximum absolute atomic E-state index is 9.75. The third kappa shape index (κ3) is 6.37. The number of aryl methyl sites for hydroxylation is 2. The molecule has 0 fully saturated rings. The number of aliphatic hydroxyl groups excluding tert-OH is 1. The highest BCUT2D eigenvalue weighted by Gasteiger charge is 2.23. The fraction of sp³-hybridized carbons (Fsp3) is 0.517. The van der Waals surface area contributed by atoms with Crippen LogP contribution in [0.3, 0.4) is 0 Å². The average molecular weight is 553 g/mol. The van der Waals surface area contributed by atoms with Crippen molar-refractivity contribution in [1.29, 1.82) is 0 Å². The topological polar surface area (TPSA) is 108 Å². The molecule has 1 N–H and O–H groups in total. The first-order valence-electron chi connectivity index (χ1n) is 13.8. The van der Waals surface area contributed by atoms with Crippen LogP contribution in [0.2, 0.25) is 0 Å². The van der Waals surface area contributed by atoms with Crippen molar-refractivity contribution in [3.63, 3.8) is 0 Å². The number of aromatic nitrogens is 7. The van der Waals surface area contributed by atoms with Crippen molar-refractivity contribution in [2.24, 2.45) is 7.05 Å². The first-order valence-corrected chi connectivity index (χ1v) is 13.8. The molecule has 218 valence electrons. The van der Waals surface area contributed by atoms with Gasteiger partial charge in [-0.25, -0.2) is 9.67 Å². The van der Waals surface area contributed by atoms with E-state index >= 15 is 0 Å². The van der Waals surface area contributed by atoms with Crippen LogP contribution < -0.4 is 9.47 Å². The number of aliphatic hydroxyl groups is 1. The summed E-state index contributed by atoms with van der Waals surface area (Å²) in [5.41, 5.74) is 5.31. The Morgan fingerprint density at radius 3 is 2.50 bits per heavy atom. The van der Waals surface area contributed by atoms with Gasteiger partial charge in [-0.3, -0.25) is 19.0 Å². The maximum atomic E-state index is 9.75. The molecule has 11 heteroatoms. The zero-order chi connectivity index (χ0) is 29.6. The molecule has 0 aliphatic carbocycles. The predicted molar refractivity (Wildman–Crippen MR) is 158 cm³/mol. The number of nitrogens with zero attached hydrogens (tertiary/aromatic N) is 8. The number of imidazole rings is 1. The Labute approximate surface area is 237 Å². The lowest BCUT2D eigenvalue weighted by Gasteiger charge is -2.24. The van der Waals surface area contributed by atoms with Crippen molar-refractivity contribution < 1.29 is 14.6 Å². The van der Waals surface area contributed by atoms with Crippen molar-refractivity contribution in [2.45, 2.75) is 67.2 Å². The molecule has 0 aliphatic rings. The lowest BCUT2D eigenvalue weighted by molar-refractivity contribution is 0.145. The minimum atomic E-state index is -0.151. The highest BCUT2D eigenvalue weighted by molar-refractivity contribution is 5.69. The summed E-state index contributed by atoms with van der Waals surface area (Å²) in [6.45, 7) is 19.6. The number of likely N-dealkylation sites (N-methyl/N-ethyl adjacent to an activating group) is 1. The van der Waals surface area contributed by atoms with Crippen LogP contribution in [0.1, 0.15) is 63.4 Å². The SMILES string of the molecule is C=Cc1ncc2cnc(-c3c(C)nn(C)c3OC(C)CN(C)Cc3c(C)c(OCC)nn3C(C)CO)cn12.CC. The van der Waals surface area contributed by atoms with Gasteiger partial charge < -0.3 is 14.6 Å². The van der Waals surface area contributed by atoms with Crippen LogP contribution in [-0.2, 0) is 13.6 Å². The summed E-state index contributed by atoms with van der Waals surface area (Å²) >= 11 is 0. The summed E-state index contributed by atoms with van der Waals surface area (Å²) in [5, 5.41) is 19.0. The molecule has 0 radical (unpaired) electrons. The molecule has 11 nitrogen and oxygen atoms in total. The van der Waals surface area contributed by atoms with Gasteiger partial charge in [-0.2, -0.15) is 5.10 Å². The molecule has 0 amide bonds. The van der Waals surface area contributed by atoms with Crippen molar-refractivity contribution >= 4 is 11.6 Å². The Morgan fingerprint density at radius 1 is 1.15 bits per heavy atom. The van der Waals surface area contributed by atoms with Crippen molar-refractivity contribution in [3.8, 4) is 23.0 Å². The van der Waals surface area contributed by atoms with Gasteiger partial charge in [-0.1, -0.05) is 20.4 Å². The van der Waals surface area contributed by atoms with Gasteiger partial charge in [0.2, 0.25) is 11.8 Å². The Balaban J connectivity index is 0.00000216. The first-order chi connectivity index (χ1) is 19.2. The summed E-state index contributed by atoms with van der Waals surface area (Å²) in [7, 11) is 3.92. The van der Waals surface area contributed by atoms with E-state index in [1.54, 1.807) is 23.2 Å². The summed E-state index contributed by atoms with van der Waals surface area (Å²) < 4.78 is 17.8. The number of hydrogen-bond donors (Lipinski definition) is 1. The lowest BCUT2D eigenvalue weighted by Crippen LogP contribution is -2.32. The zero-order valence-corrected chi connectivity index (χ0v) is 25.3. The van der Waals surface area contributed by atoms with Gasteiger partial charge in [0.1, 0.15) is 11.9 Å². The summed E-state index contributed by atoms with van der Waals surface area (Å²) in [4.78, 5) is 11.2. The summed E-state index contributed by atoms with van der Waals surface area (Å²) in [5.74, 6) is 2.02. The molecule has 2 atom stereocenters. The van der Waals surface area contributed by atoms with Gasteiger partial charge in [0.05, 0.1) is 59.8 Å². The summed E-state index contributed by atoms with van der Waals surface area (Å²) in [6, 6.07) is -0.151. The lowest BCUT2D eigenvalue weighted by atomic mass is 10.2. The van der Waals surface area contributed by atoms with E-state index in [2.05, 4.69) is 31.6 Å². The Hall–Kier alpha value is -3.70. The smallest absolute Gasteiger partial charge is 0.236 e. The second kappa shape index (κ2) is 13.6. The van der Waals surface area contributed by atoms with E-state index in [1.165, 1.54) is 0 Å². The molecule has 4 aromatic heterocycles. The van der Waals surface area contributed by atoms with E-state index in [9.17, 15) is 5.11 Å². The number of ether oxygens (including phenoxy) is 2. The highest BCUT2D eigenvalue weighted by atomic mass is 16.5. The Kier molecular flexibility index (Phi) is 10.5. The molecule has 0 aliphatic heterocycles. The highest BCUT2D eigenvalue weighted by Crippen LogP contribution is 2.33. The van der Waals surface area contributed by atoms with Gasteiger partial charge in [-0.15, -0.1) is 5.10 Å². The van der Waals surface area contributed by atoms with Crippen LogP contribution >= 0.6 is 0 Å². The molecule has 0 aromatic carbocycles. The maximum Gasteiger partial charge on any atom is 0.236 e. The van der Waals surface area contributed by atoms with E-state index in [-0.39, 0.29) is 18.8 Å². The number of fused-ring (bicyclic) bond motifs is 1. The van der Waals surface area contributed by atoms with Gasteiger partial charge in [0.15, 0.2) is 0 Å². The normalized spacial score (nSPS) is 12.8. The van der Waals surface area contributed by atoms with Gasteiger partial charge in [-0.05, 0) is 47.7 Å². The van der Waals surface area contributed by atoms with Crippen molar-refractivity contribution in [1.82, 2.24) is 38.8 Å². The van der Waals surface area contributed by atoms with Gasteiger partial charge in [0, 0.05) is 31.9 Å². The van der Waals surface area contributed by atoms with Crippen molar-refractivity contribution in [3.05, 3.63) is 47.9 Å². The van der Waals surface area contributed by atoms with Crippen LogP contribution in [-0.4, -0.2) is 76.8 Å². The third-order valence-electron chi connectivity index (χ3n) is 6.54. The van der Waals surface area contributed by atoms with Crippen LogP contribution in [0.4, 0.5) is 0 Å². The monoisotopic (exact) mass is 552 g/mol. The van der Waals surface area contributed by atoms with E-state index in [4.69, 9.17) is 9.47 Å². The molecule has 4 aromatic rings. The Bertz CT molecular complexity index is 1420. The molecule has 4 heterocycles. The molecular weight excluding hydrogens is 508 g/mol. The molecule has 0 saturated heterocycles. The minimum absolute atomic E-state index is 0.00127. The molecular formula is C29H44N8O3. The quantitative estimate of drug-likeness (QED) is 0.274. The third-order valence-corrected chi connectivity index (χ3v) is 6.54. The van der Waals surface area contributed by atoms with E-state index < -0.39 is 0 Å². The van der Waals surface area contributed by atoms with Gasteiger partial charge in [0.25, 0.3) is 0 Å². The molecule has 0 spiro atoms.